The zero-order chi connectivity index (χ0) is 14.0. The summed E-state index contributed by atoms with van der Waals surface area (Å²) in [6.45, 7) is 1.75. The van der Waals surface area contributed by atoms with Crippen LogP contribution in [-0.4, -0.2) is 4.98 Å². The number of benzene rings is 1. The molecule has 2 aromatic rings. The molecule has 0 saturated carbocycles. The molecule has 0 aliphatic heterocycles. The zero-order valence-corrected chi connectivity index (χ0v) is 12.2. The maximum absolute atomic E-state index is 13.6. The number of alkyl halides is 1. The molecule has 0 bridgehead atoms. The molecule has 0 saturated heterocycles. The lowest BCUT2D eigenvalue weighted by Crippen LogP contribution is -1.97. The molecular formula is C13H9BrClF2NO. The largest absolute Gasteiger partial charge is 0.436 e. The molecule has 6 heteroatoms. The molecule has 0 unspecified atom stereocenters. The normalized spacial score (nSPS) is 10.6. The van der Waals surface area contributed by atoms with E-state index in [2.05, 4.69) is 20.9 Å². The van der Waals surface area contributed by atoms with Crippen LogP contribution in [0.3, 0.4) is 0 Å². The van der Waals surface area contributed by atoms with Gasteiger partial charge in [0.15, 0.2) is 11.6 Å². The number of rotatable bonds is 3. The molecule has 1 heterocycles. The Kier molecular flexibility index (Phi) is 4.37. The third kappa shape index (κ3) is 3.22. The molecule has 2 nitrogen and oxygen atoms in total. The average molecular weight is 349 g/mol. The van der Waals surface area contributed by atoms with E-state index in [1.54, 1.807) is 13.0 Å². The molecule has 0 aliphatic rings. The topological polar surface area (TPSA) is 22.1 Å². The van der Waals surface area contributed by atoms with E-state index in [4.69, 9.17) is 16.3 Å². The van der Waals surface area contributed by atoms with Crippen molar-refractivity contribution in [1.82, 2.24) is 4.98 Å². The molecule has 100 valence electrons. The van der Waals surface area contributed by atoms with Crippen LogP contribution in [-0.2, 0) is 5.88 Å². The first-order valence-corrected chi connectivity index (χ1v) is 6.68. The number of aryl methyl sites for hydroxylation is 1. The van der Waals surface area contributed by atoms with Crippen molar-refractivity contribution in [3.05, 3.63) is 51.6 Å². The minimum Gasteiger partial charge on any atom is -0.436 e. The standard InChI is InChI=1S/C13H9BrClF2NO/c1-7-2-8(5-15)6-18-13(7)19-11-4-9(14)3-10(16)12(11)17/h2-4,6H,5H2,1H3. The van der Waals surface area contributed by atoms with Crippen LogP contribution in [0.2, 0.25) is 0 Å². The summed E-state index contributed by atoms with van der Waals surface area (Å²) < 4.78 is 32.5. The minimum atomic E-state index is -1.05. The number of pyridine rings is 1. The van der Waals surface area contributed by atoms with Crippen LogP contribution >= 0.6 is 27.5 Å². The van der Waals surface area contributed by atoms with Crippen molar-refractivity contribution < 1.29 is 13.5 Å². The van der Waals surface area contributed by atoms with Gasteiger partial charge in [-0.2, -0.15) is 4.39 Å². The number of halogens is 4. The van der Waals surface area contributed by atoms with E-state index in [1.807, 2.05) is 0 Å². The van der Waals surface area contributed by atoms with Crippen LogP contribution in [0.5, 0.6) is 11.6 Å². The Bertz CT molecular complexity index is 622. The average Bonchev–Trinajstić information content (AvgIpc) is 2.37. The highest BCUT2D eigenvalue weighted by atomic mass is 79.9. The summed E-state index contributed by atoms with van der Waals surface area (Å²) in [6.07, 6.45) is 1.53. The van der Waals surface area contributed by atoms with Gasteiger partial charge in [0, 0.05) is 22.1 Å². The SMILES string of the molecule is Cc1cc(CCl)cnc1Oc1cc(Br)cc(F)c1F. The van der Waals surface area contributed by atoms with E-state index in [9.17, 15) is 8.78 Å². The third-order valence-corrected chi connectivity index (χ3v) is 3.17. The number of hydrogen-bond acceptors (Lipinski definition) is 2. The Labute approximate surface area is 122 Å². The second-order valence-corrected chi connectivity index (χ2v) is 5.08. The van der Waals surface area contributed by atoms with Crippen LogP contribution in [0.15, 0.2) is 28.9 Å². The molecule has 1 aromatic carbocycles. The third-order valence-electron chi connectivity index (χ3n) is 2.41. The lowest BCUT2D eigenvalue weighted by Gasteiger charge is -2.10. The quantitative estimate of drug-likeness (QED) is 0.577. The summed E-state index contributed by atoms with van der Waals surface area (Å²) >= 11 is 8.76. The van der Waals surface area contributed by atoms with Gasteiger partial charge in [0.05, 0.1) is 0 Å². The van der Waals surface area contributed by atoms with E-state index in [1.165, 1.54) is 12.3 Å². The van der Waals surface area contributed by atoms with E-state index in [0.717, 1.165) is 11.6 Å². The minimum absolute atomic E-state index is 0.213. The number of nitrogens with zero attached hydrogens (tertiary/aromatic N) is 1. The van der Waals surface area contributed by atoms with Gasteiger partial charge in [0.2, 0.25) is 11.7 Å². The highest BCUT2D eigenvalue weighted by molar-refractivity contribution is 9.10. The summed E-state index contributed by atoms with van der Waals surface area (Å²) in [5.74, 6) is -1.72. The fourth-order valence-electron chi connectivity index (χ4n) is 1.51. The molecule has 0 aliphatic carbocycles. The smallest absolute Gasteiger partial charge is 0.222 e. The van der Waals surface area contributed by atoms with Crippen molar-refractivity contribution in [1.29, 1.82) is 0 Å². The molecule has 0 spiro atoms. The number of ether oxygens (including phenoxy) is 1. The highest BCUT2D eigenvalue weighted by Crippen LogP contribution is 2.30. The predicted molar refractivity (Wildman–Crippen MR) is 72.7 cm³/mol. The first kappa shape index (κ1) is 14.2. The Morgan fingerprint density at radius 1 is 1.32 bits per heavy atom. The Morgan fingerprint density at radius 3 is 2.68 bits per heavy atom. The Hall–Kier alpha value is -1.20. The van der Waals surface area contributed by atoms with Gasteiger partial charge in [0.25, 0.3) is 0 Å². The van der Waals surface area contributed by atoms with Gasteiger partial charge in [-0.1, -0.05) is 15.9 Å². The lowest BCUT2D eigenvalue weighted by atomic mass is 10.2. The molecule has 0 atom stereocenters. The van der Waals surface area contributed by atoms with Crippen LogP contribution < -0.4 is 4.74 Å². The van der Waals surface area contributed by atoms with Crippen molar-refractivity contribution in [2.45, 2.75) is 12.8 Å². The molecule has 2 rings (SSSR count). The van der Waals surface area contributed by atoms with E-state index in [0.29, 0.717) is 15.9 Å². The summed E-state index contributed by atoms with van der Waals surface area (Å²) in [7, 11) is 0. The summed E-state index contributed by atoms with van der Waals surface area (Å²) in [4.78, 5) is 4.03. The van der Waals surface area contributed by atoms with Gasteiger partial charge < -0.3 is 4.74 Å². The van der Waals surface area contributed by atoms with Crippen LogP contribution in [0, 0.1) is 18.6 Å². The van der Waals surface area contributed by atoms with Gasteiger partial charge in [-0.3, -0.25) is 0 Å². The van der Waals surface area contributed by atoms with Crippen molar-refractivity contribution in [2.24, 2.45) is 0 Å². The monoisotopic (exact) mass is 347 g/mol. The Morgan fingerprint density at radius 2 is 2.05 bits per heavy atom. The van der Waals surface area contributed by atoms with Crippen LogP contribution in [0.1, 0.15) is 11.1 Å². The lowest BCUT2D eigenvalue weighted by molar-refractivity contribution is 0.402. The first-order valence-electron chi connectivity index (χ1n) is 5.35. The fraction of sp³-hybridized carbons (Fsp3) is 0.154. The second kappa shape index (κ2) is 5.84. The van der Waals surface area contributed by atoms with Gasteiger partial charge in [0.1, 0.15) is 0 Å². The predicted octanol–water partition coefficient (Wildman–Crippen LogP) is 4.96. The summed E-state index contributed by atoms with van der Waals surface area (Å²) in [6, 6.07) is 4.15. The van der Waals surface area contributed by atoms with Crippen molar-refractivity contribution in [3.63, 3.8) is 0 Å². The molecular weight excluding hydrogens is 340 g/mol. The first-order chi connectivity index (χ1) is 9.01. The molecule has 19 heavy (non-hydrogen) atoms. The Balaban J connectivity index is 2.36. The molecule has 0 fully saturated rings. The van der Waals surface area contributed by atoms with Crippen LogP contribution in [0.25, 0.3) is 0 Å². The van der Waals surface area contributed by atoms with Gasteiger partial charge in [-0.25, -0.2) is 9.37 Å². The fourth-order valence-corrected chi connectivity index (χ4v) is 2.07. The van der Waals surface area contributed by atoms with E-state index in [-0.39, 0.29) is 11.6 Å². The van der Waals surface area contributed by atoms with Gasteiger partial charge in [-0.15, -0.1) is 11.6 Å². The van der Waals surface area contributed by atoms with Crippen molar-refractivity contribution in [3.8, 4) is 11.6 Å². The second-order valence-electron chi connectivity index (χ2n) is 3.90. The maximum Gasteiger partial charge on any atom is 0.222 e. The number of hydrogen-bond donors (Lipinski definition) is 0. The molecule has 0 radical (unpaired) electrons. The van der Waals surface area contributed by atoms with E-state index >= 15 is 0 Å². The molecule has 0 N–H and O–H groups in total. The van der Waals surface area contributed by atoms with Gasteiger partial charge >= 0.3 is 0 Å². The summed E-state index contributed by atoms with van der Waals surface area (Å²) in [5, 5.41) is 0. The summed E-state index contributed by atoms with van der Waals surface area (Å²) in [5.41, 5.74) is 1.52. The van der Waals surface area contributed by atoms with Crippen molar-refractivity contribution in [2.75, 3.05) is 0 Å². The molecule has 0 amide bonds. The van der Waals surface area contributed by atoms with Crippen molar-refractivity contribution >= 4 is 27.5 Å². The number of aromatic nitrogens is 1. The maximum atomic E-state index is 13.6. The van der Waals surface area contributed by atoms with Crippen LogP contribution in [0.4, 0.5) is 8.78 Å². The molecule has 1 aromatic heterocycles. The van der Waals surface area contributed by atoms with E-state index < -0.39 is 11.6 Å². The van der Waals surface area contributed by atoms with Gasteiger partial charge in [-0.05, 0) is 30.7 Å². The zero-order valence-electron chi connectivity index (χ0n) is 9.88. The highest BCUT2D eigenvalue weighted by Gasteiger charge is 2.14.